The van der Waals surface area contributed by atoms with Crippen LogP contribution in [0.25, 0.3) is 0 Å². The smallest absolute Gasteiger partial charge is 0.310 e. The third kappa shape index (κ3) is 2.23. The van der Waals surface area contributed by atoms with Gasteiger partial charge in [0, 0.05) is 23.0 Å². The van der Waals surface area contributed by atoms with E-state index in [1.807, 2.05) is 24.3 Å². The minimum absolute atomic E-state index is 0.0649. The Morgan fingerprint density at radius 3 is 2.65 bits per heavy atom. The van der Waals surface area contributed by atoms with Crippen LogP contribution in [0.5, 0.6) is 0 Å². The molecule has 108 valence electrons. The minimum atomic E-state index is -0.0813. The van der Waals surface area contributed by atoms with Crippen molar-refractivity contribution >= 4 is 17.6 Å². The van der Waals surface area contributed by atoms with Gasteiger partial charge in [-0.25, -0.2) is 0 Å². The number of hydrogen-bond donors (Lipinski definition) is 0. The zero-order chi connectivity index (χ0) is 14.3. The highest BCUT2D eigenvalue weighted by atomic mass is 35.5. The van der Waals surface area contributed by atoms with Crippen molar-refractivity contribution < 1.29 is 9.53 Å². The van der Waals surface area contributed by atoms with E-state index in [9.17, 15) is 4.79 Å². The van der Waals surface area contributed by atoms with Crippen LogP contribution in [0.1, 0.15) is 30.7 Å². The van der Waals surface area contributed by atoms with Gasteiger partial charge in [-0.15, -0.1) is 0 Å². The number of carbonyl (C=O) groups is 1. The third-order valence-electron chi connectivity index (χ3n) is 5.04. The lowest BCUT2D eigenvalue weighted by Crippen LogP contribution is -2.49. The molecule has 3 rings (SSSR count). The highest BCUT2D eigenvalue weighted by molar-refractivity contribution is 6.30. The van der Waals surface area contributed by atoms with E-state index in [1.54, 1.807) is 0 Å². The monoisotopic (exact) mass is 293 g/mol. The topological polar surface area (TPSA) is 29.5 Å². The van der Waals surface area contributed by atoms with Crippen molar-refractivity contribution in [2.45, 2.75) is 37.3 Å². The molecule has 0 saturated carbocycles. The van der Waals surface area contributed by atoms with Crippen LogP contribution in [0.4, 0.5) is 0 Å². The van der Waals surface area contributed by atoms with Gasteiger partial charge in [-0.2, -0.15) is 0 Å². The predicted molar refractivity (Wildman–Crippen MR) is 78.9 cm³/mol. The molecule has 0 aliphatic carbocycles. The lowest BCUT2D eigenvalue weighted by molar-refractivity contribution is -0.150. The quantitative estimate of drug-likeness (QED) is 0.785. The van der Waals surface area contributed by atoms with E-state index >= 15 is 0 Å². The van der Waals surface area contributed by atoms with Crippen molar-refractivity contribution in [2.24, 2.45) is 5.92 Å². The highest BCUT2D eigenvalue weighted by Gasteiger charge is 2.49. The number of esters is 1. The first-order valence-corrected chi connectivity index (χ1v) is 7.55. The molecule has 0 unspecified atom stereocenters. The van der Waals surface area contributed by atoms with Crippen LogP contribution in [-0.2, 0) is 9.53 Å². The molecule has 0 amide bonds. The molecular formula is C16H20ClNO2. The molecule has 0 N–H and O–H groups in total. The molecule has 0 aromatic heterocycles. The van der Waals surface area contributed by atoms with Crippen molar-refractivity contribution in [3.8, 4) is 0 Å². The van der Waals surface area contributed by atoms with E-state index in [1.165, 1.54) is 19.1 Å². The molecule has 0 radical (unpaired) electrons. The van der Waals surface area contributed by atoms with E-state index in [2.05, 4.69) is 11.9 Å². The molecule has 2 fully saturated rings. The molecule has 4 atom stereocenters. The maximum Gasteiger partial charge on any atom is 0.310 e. The van der Waals surface area contributed by atoms with Gasteiger partial charge in [0.15, 0.2) is 0 Å². The zero-order valence-corrected chi connectivity index (χ0v) is 12.6. The van der Waals surface area contributed by atoms with Gasteiger partial charge in [0.05, 0.1) is 13.0 Å². The van der Waals surface area contributed by atoms with Crippen LogP contribution in [-0.4, -0.2) is 37.1 Å². The first kappa shape index (κ1) is 13.9. The summed E-state index contributed by atoms with van der Waals surface area (Å²) in [5.74, 6) is 0.0977. The van der Waals surface area contributed by atoms with Crippen LogP contribution >= 0.6 is 11.6 Å². The standard InChI is InChI=1S/C16H20ClNO2/c1-18-12-7-8-14(18)15(16(19)20-2)13(9-12)10-3-5-11(17)6-4-10/h3-6,12-15H,7-9H2,1-2H3/t12-,13+,14+,15+/m1/s1. The first-order chi connectivity index (χ1) is 9.61. The molecule has 2 saturated heterocycles. The number of ether oxygens (including phenoxy) is 1. The molecule has 2 bridgehead atoms. The van der Waals surface area contributed by atoms with Gasteiger partial charge >= 0.3 is 5.97 Å². The number of rotatable bonds is 2. The number of halogens is 1. The molecule has 0 spiro atoms. The van der Waals surface area contributed by atoms with Crippen molar-refractivity contribution in [3.63, 3.8) is 0 Å². The molecule has 1 aromatic rings. The Kier molecular flexibility index (Phi) is 3.74. The summed E-state index contributed by atoms with van der Waals surface area (Å²) in [6, 6.07) is 8.81. The number of piperidine rings is 1. The summed E-state index contributed by atoms with van der Waals surface area (Å²) >= 11 is 5.97. The Labute approximate surface area is 124 Å². The number of benzene rings is 1. The number of hydrogen-bond acceptors (Lipinski definition) is 3. The normalized spacial score (nSPS) is 33.1. The Hall–Kier alpha value is -1.06. The fourth-order valence-corrected chi connectivity index (χ4v) is 4.10. The molecule has 3 nitrogen and oxygen atoms in total. The lowest BCUT2D eigenvalue weighted by atomic mass is 9.76. The average Bonchev–Trinajstić information content (AvgIpc) is 2.70. The van der Waals surface area contributed by atoms with Gasteiger partial charge in [0.1, 0.15) is 0 Å². The summed E-state index contributed by atoms with van der Waals surface area (Å²) in [7, 11) is 3.62. The second kappa shape index (κ2) is 5.38. The maximum absolute atomic E-state index is 12.3. The van der Waals surface area contributed by atoms with E-state index in [4.69, 9.17) is 16.3 Å². The molecule has 1 aromatic carbocycles. The Morgan fingerprint density at radius 1 is 1.30 bits per heavy atom. The van der Waals surface area contributed by atoms with Gasteiger partial charge in [0.2, 0.25) is 0 Å². The van der Waals surface area contributed by atoms with E-state index < -0.39 is 0 Å². The van der Waals surface area contributed by atoms with Gasteiger partial charge in [0.25, 0.3) is 0 Å². The summed E-state index contributed by atoms with van der Waals surface area (Å²) in [5, 5.41) is 0.735. The SMILES string of the molecule is COC(=O)[C@H]1[C@H](c2ccc(Cl)cc2)C[C@H]2CC[C@@H]1N2C. The van der Waals surface area contributed by atoms with E-state index in [0.29, 0.717) is 12.1 Å². The number of carbonyl (C=O) groups excluding carboxylic acids is 1. The average molecular weight is 294 g/mol. The van der Waals surface area contributed by atoms with Gasteiger partial charge in [-0.05, 0) is 44.0 Å². The lowest BCUT2D eigenvalue weighted by Gasteiger charge is -2.41. The zero-order valence-electron chi connectivity index (χ0n) is 11.9. The summed E-state index contributed by atoms with van der Waals surface area (Å²) in [6.07, 6.45) is 3.29. The van der Waals surface area contributed by atoms with Crippen molar-refractivity contribution in [1.82, 2.24) is 4.90 Å². The second-order valence-corrected chi connectivity index (χ2v) is 6.34. The van der Waals surface area contributed by atoms with Gasteiger partial charge in [-0.3, -0.25) is 9.69 Å². The van der Waals surface area contributed by atoms with Crippen LogP contribution < -0.4 is 0 Å². The second-order valence-electron chi connectivity index (χ2n) is 5.91. The Morgan fingerprint density at radius 2 is 2.00 bits per heavy atom. The molecule has 2 aliphatic heterocycles. The van der Waals surface area contributed by atoms with Gasteiger partial charge in [-0.1, -0.05) is 23.7 Å². The summed E-state index contributed by atoms with van der Waals surface area (Å²) in [5.41, 5.74) is 1.20. The number of methoxy groups -OCH3 is 1. The van der Waals surface area contributed by atoms with Crippen LogP contribution in [0.2, 0.25) is 5.02 Å². The Balaban J connectivity index is 1.95. The Bertz CT molecular complexity index is 502. The van der Waals surface area contributed by atoms with Crippen molar-refractivity contribution in [2.75, 3.05) is 14.2 Å². The summed E-state index contributed by atoms with van der Waals surface area (Å²) in [4.78, 5) is 14.6. The van der Waals surface area contributed by atoms with Crippen LogP contribution in [0, 0.1) is 5.92 Å². The van der Waals surface area contributed by atoms with Gasteiger partial charge < -0.3 is 4.74 Å². The summed E-state index contributed by atoms with van der Waals surface area (Å²) in [6.45, 7) is 0. The molecule has 2 heterocycles. The molecule has 2 aliphatic rings. The molecular weight excluding hydrogens is 274 g/mol. The molecule has 20 heavy (non-hydrogen) atoms. The fraction of sp³-hybridized carbons (Fsp3) is 0.562. The van der Waals surface area contributed by atoms with Crippen LogP contribution in [0.3, 0.4) is 0 Å². The minimum Gasteiger partial charge on any atom is -0.469 e. The molecule has 4 heteroatoms. The highest BCUT2D eigenvalue weighted by Crippen LogP contribution is 2.46. The largest absolute Gasteiger partial charge is 0.469 e. The number of fused-ring (bicyclic) bond motifs is 2. The maximum atomic E-state index is 12.3. The van der Waals surface area contributed by atoms with Crippen LogP contribution in [0.15, 0.2) is 24.3 Å². The predicted octanol–water partition coefficient (Wildman–Crippen LogP) is 3.08. The first-order valence-electron chi connectivity index (χ1n) is 7.17. The number of nitrogens with zero attached hydrogens (tertiary/aromatic N) is 1. The summed E-state index contributed by atoms with van der Waals surface area (Å²) < 4.78 is 5.07. The fourth-order valence-electron chi connectivity index (χ4n) is 3.98. The van der Waals surface area contributed by atoms with E-state index in [0.717, 1.165) is 17.9 Å². The van der Waals surface area contributed by atoms with Crippen molar-refractivity contribution in [1.29, 1.82) is 0 Å². The van der Waals surface area contributed by atoms with E-state index in [-0.39, 0.29) is 17.8 Å². The van der Waals surface area contributed by atoms with Crippen molar-refractivity contribution in [3.05, 3.63) is 34.9 Å². The third-order valence-corrected chi connectivity index (χ3v) is 5.29.